The molecular formula is C19H24N4O3. The zero-order valence-electron chi connectivity index (χ0n) is 15.4. The molecule has 0 unspecified atom stereocenters. The molecule has 0 radical (unpaired) electrons. The summed E-state index contributed by atoms with van der Waals surface area (Å²) in [5.41, 5.74) is 1.73. The maximum atomic E-state index is 12.6. The van der Waals surface area contributed by atoms with Gasteiger partial charge in [-0.15, -0.1) is 0 Å². The zero-order valence-corrected chi connectivity index (χ0v) is 15.4. The third-order valence-corrected chi connectivity index (χ3v) is 4.66. The maximum Gasteiger partial charge on any atom is 0.253 e. The molecule has 7 nitrogen and oxygen atoms in total. The number of nitrogens with zero attached hydrogens (tertiary/aromatic N) is 3. The van der Waals surface area contributed by atoms with E-state index in [-0.39, 0.29) is 17.7 Å². The minimum atomic E-state index is -0.118. The van der Waals surface area contributed by atoms with Crippen LogP contribution in [0.15, 0.2) is 34.9 Å². The zero-order chi connectivity index (χ0) is 18.7. The highest BCUT2D eigenvalue weighted by Gasteiger charge is 2.28. The van der Waals surface area contributed by atoms with Crippen molar-refractivity contribution < 1.29 is 14.1 Å². The number of amides is 2. The smallest absolute Gasteiger partial charge is 0.253 e. The first-order valence-corrected chi connectivity index (χ1v) is 8.75. The largest absolute Gasteiger partial charge is 0.378 e. The van der Waals surface area contributed by atoms with Crippen molar-refractivity contribution in [2.24, 2.45) is 5.92 Å². The van der Waals surface area contributed by atoms with Crippen molar-refractivity contribution in [3.05, 3.63) is 41.7 Å². The van der Waals surface area contributed by atoms with E-state index in [1.165, 1.54) is 0 Å². The number of likely N-dealkylation sites (tertiary alicyclic amines) is 1. The van der Waals surface area contributed by atoms with Crippen molar-refractivity contribution in [1.29, 1.82) is 0 Å². The number of hydrogen-bond acceptors (Lipinski definition) is 5. The monoisotopic (exact) mass is 356 g/mol. The Morgan fingerprint density at radius 2 is 1.85 bits per heavy atom. The van der Waals surface area contributed by atoms with E-state index in [9.17, 15) is 9.59 Å². The van der Waals surface area contributed by atoms with Crippen LogP contribution in [0.2, 0.25) is 0 Å². The molecule has 138 valence electrons. The average molecular weight is 356 g/mol. The molecule has 7 heteroatoms. The highest BCUT2D eigenvalue weighted by atomic mass is 16.5. The quantitative estimate of drug-likeness (QED) is 0.911. The fourth-order valence-electron chi connectivity index (χ4n) is 3.08. The van der Waals surface area contributed by atoms with Crippen LogP contribution in [0.4, 0.5) is 11.5 Å². The van der Waals surface area contributed by atoms with Gasteiger partial charge in [-0.2, -0.15) is 0 Å². The molecule has 2 heterocycles. The fourth-order valence-corrected chi connectivity index (χ4v) is 3.08. The molecule has 1 aliphatic heterocycles. The fraction of sp³-hybridized carbons (Fsp3) is 0.421. The summed E-state index contributed by atoms with van der Waals surface area (Å²) in [5.74, 6) is 0.919. The first-order valence-electron chi connectivity index (χ1n) is 8.75. The number of aromatic nitrogens is 1. The van der Waals surface area contributed by atoms with E-state index in [1.54, 1.807) is 13.0 Å². The summed E-state index contributed by atoms with van der Waals surface area (Å²) in [6.45, 7) is 2.92. The van der Waals surface area contributed by atoms with E-state index < -0.39 is 0 Å². The second-order valence-corrected chi connectivity index (χ2v) is 6.82. The van der Waals surface area contributed by atoms with Crippen LogP contribution in [0.25, 0.3) is 0 Å². The standard InChI is InChI=1S/C19H24N4O3/c1-13-12-17(21-26-13)20-18(24)14-8-10-23(11-9-14)19(25)15-4-6-16(7-5-15)22(2)3/h4-7,12,14H,8-11H2,1-3H3,(H,20,21,24). The summed E-state index contributed by atoms with van der Waals surface area (Å²) in [4.78, 5) is 28.8. The van der Waals surface area contributed by atoms with Crippen molar-refractivity contribution in [2.45, 2.75) is 19.8 Å². The molecule has 1 fully saturated rings. The Morgan fingerprint density at radius 1 is 1.19 bits per heavy atom. The van der Waals surface area contributed by atoms with Gasteiger partial charge >= 0.3 is 0 Å². The average Bonchev–Trinajstić information content (AvgIpc) is 3.06. The van der Waals surface area contributed by atoms with Gasteiger partial charge in [0.25, 0.3) is 5.91 Å². The van der Waals surface area contributed by atoms with E-state index in [0.717, 1.165) is 5.69 Å². The van der Waals surface area contributed by atoms with Crippen molar-refractivity contribution in [3.8, 4) is 0 Å². The Hall–Kier alpha value is -2.83. The summed E-state index contributed by atoms with van der Waals surface area (Å²) in [6.07, 6.45) is 1.29. The van der Waals surface area contributed by atoms with Gasteiger partial charge < -0.3 is 19.6 Å². The van der Waals surface area contributed by atoms with Gasteiger partial charge in [0.1, 0.15) is 5.76 Å². The molecule has 0 atom stereocenters. The Balaban J connectivity index is 1.54. The van der Waals surface area contributed by atoms with E-state index in [0.29, 0.717) is 43.1 Å². The number of aryl methyl sites for hydroxylation is 1. The Labute approximate surface area is 152 Å². The molecule has 1 saturated heterocycles. The van der Waals surface area contributed by atoms with Crippen molar-refractivity contribution in [1.82, 2.24) is 10.1 Å². The summed E-state index contributed by atoms with van der Waals surface area (Å²) < 4.78 is 4.95. The molecule has 1 aromatic heterocycles. The first-order chi connectivity index (χ1) is 12.4. The Morgan fingerprint density at radius 3 is 2.38 bits per heavy atom. The number of nitrogens with one attached hydrogen (secondary N) is 1. The maximum absolute atomic E-state index is 12.6. The SMILES string of the molecule is Cc1cc(NC(=O)C2CCN(C(=O)c3ccc(N(C)C)cc3)CC2)no1. The minimum Gasteiger partial charge on any atom is -0.378 e. The molecule has 2 amide bonds. The van der Waals surface area contributed by atoms with Gasteiger partial charge in [-0.05, 0) is 44.0 Å². The van der Waals surface area contributed by atoms with Crippen LogP contribution in [0.3, 0.4) is 0 Å². The lowest BCUT2D eigenvalue weighted by Crippen LogP contribution is -2.41. The number of hydrogen-bond donors (Lipinski definition) is 1. The van der Waals surface area contributed by atoms with Gasteiger partial charge in [-0.25, -0.2) is 0 Å². The summed E-state index contributed by atoms with van der Waals surface area (Å²) >= 11 is 0. The highest BCUT2D eigenvalue weighted by molar-refractivity contribution is 5.95. The third-order valence-electron chi connectivity index (χ3n) is 4.66. The number of benzene rings is 1. The van der Waals surface area contributed by atoms with Crippen molar-refractivity contribution in [2.75, 3.05) is 37.4 Å². The van der Waals surface area contributed by atoms with Gasteiger partial charge in [0.2, 0.25) is 5.91 Å². The Bertz CT molecular complexity index is 774. The van der Waals surface area contributed by atoms with Gasteiger partial charge in [0.15, 0.2) is 5.82 Å². The van der Waals surface area contributed by atoms with Crippen LogP contribution in [0, 0.1) is 12.8 Å². The van der Waals surface area contributed by atoms with E-state index in [2.05, 4.69) is 10.5 Å². The number of carbonyl (C=O) groups excluding carboxylic acids is 2. The number of rotatable bonds is 4. The summed E-state index contributed by atoms with van der Waals surface area (Å²) in [7, 11) is 3.93. The molecule has 26 heavy (non-hydrogen) atoms. The highest BCUT2D eigenvalue weighted by Crippen LogP contribution is 2.22. The second kappa shape index (κ2) is 7.59. The van der Waals surface area contributed by atoms with Crippen LogP contribution in [-0.2, 0) is 4.79 Å². The normalized spacial score (nSPS) is 15.0. The topological polar surface area (TPSA) is 78.7 Å². The molecule has 1 N–H and O–H groups in total. The van der Waals surface area contributed by atoms with Gasteiger partial charge in [-0.3, -0.25) is 9.59 Å². The molecule has 1 aliphatic rings. The van der Waals surface area contributed by atoms with Crippen LogP contribution in [0.5, 0.6) is 0 Å². The van der Waals surface area contributed by atoms with E-state index >= 15 is 0 Å². The molecule has 0 spiro atoms. The number of piperidine rings is 1. The van der Waals surface area contributed by atoms with Gasteiger partial charge in [0.05, 0.1) is 0 Å². The summed E-state index contributed by atoms with van der Waals surface area (Å²) in [6, 6.07) is 9.27. The third kappa shape index (κ3) is 4.04. The first kappa shape index (κ1) is 18.0. The molecule has 2 aromatic rings. The van der Waals surface area contributed by atoms with Crippen LogP contribution >= 0.6 is 0 Å². The van der Waals surface area contributed by atoms with Crippen molar-refractivity contribution >= 4 is 23.3 Å². The van der Waals surface area contributed by atoms with E-state index in [1.807, 2.05) is 48.2 Å². The van der Waals surface area contributed by atoms with Gasteiger partial charge in [-0.1, -0.05) is 5.16 Å². The lowest BCUT2D eigenvalue weighted by Gasteiger charge is -2.31. The Kier molecular flexibility index (Phi) is 5.25. The van der Waals surface area contributed by atoms with Gasteiger partial charge in [0, 0.05) is 50.4 Å². The molecule has 1 aromatic carbocycles. The van der Waals surface area contributed by atoms with E-state index in [4.69, 9.17) is 4.52 Å². The van der Waals surface area contributed by atoms with Crippen LogP contribution in [0.1, 0.15) is 29.0 Å². The molecule has 0 aliphatic carbocycles. The molecule has 0 bridgehead atoms. The molecular weight excluding hydrogens is 332 g/mol. The lowest BCUT2D eigenvalue weighted by molar-refractivity contribution is -0.121. The van der Waals surface area contributed by atoms with Crippen molar-refractivity contribution in [3.63, 3.8) is 0 Å². The second-order valence-electron chi connectivity index (χ2n) is 6.82. The predicted octanol–water partition coefficient (Wildman–Crippen LogP) is 2.54. The minimum absolute atomic E-state index is 0.0151. The molecule has 0 saturated carbocycles. The number of carbonyl (C=O) groups is 2. The predicted molar refractivity (Wildman–Crippen MR) is 99.3 cm³/mol. The lowest BCUT2D eigenvalue weighted by atomic mass is 9.95. The number of anilines is 2. The van der Waals surface area contributed by atoms with Crippen LogP contribution < -0.4 is 10.2 Å². The summed E-state index contributed by atoms with van der Waals surface area (Å²) in [5, 5.41) is 6.55. The molecule has 3 rings (SSSR count). The van der Waals surface area contributed by atoms with Crippen LogP contribution in [-0.4, -0.2) is 49.1 Å².